The molecular formula is C25H32N4O6. The Morgan fingerprint density at radius 3 is 2.40 bits per heavy atom. The number of rotatable bonds is 10. The van der Waals surface area contributed by atoms with Crippen LogP contribution in [0.25, 0.3) is 11.1 Å². The lowest BCUT2D eigenvalue weighted by atomic mass is 10.1. The van der Waals surface area contributed by atoms with Crippen LogP contribution in [0.3, 0.4) is 0 Å². The summed E-state index contributed by atoms with van der Waals surface area (Å²) in [7, 11) is 4.83. The van der Waals surface area contributed by atoms with Crippen LogP contribution in [0.5, 0.6) is 17.2 Å². The number of carbonyl (C=O) groups is 1. The Kier molecular flexibility index (Phi) is 7.94. The number of benzene rings is 2. The fraction of sp³-hybridized carbons (Fsp3) is 0.440. The molecular weight excluding hydrogens is 452 g/mol. The van der Waals surface area contributed by atoms with Gasteiger partial charge in [-0.05, 0) is 12.1 Å². The van der Waals surface area contributed by atoms with Crippen molar-refractivity contribution in [3.63, 3.8) is 0 Å². The molecule has 0 saturated carbocycles. The molecule has 1 aliphatic heterocycles. The molecule has 2 heterocycles. The first-order chi connectivity index (χ1) is 17.0. The minimum atomic E-state index is -0.0615. The average Bonchev–Trinajstić information content (AvgIpc) is 3.20. The van der Waals surface area contributed by atoms with E-state index in [0.717, 1.165) is 43.0 Å². The minimum Gasteiger partial charge on any atom is -0.616 e. The fourth-order valence-corrected chi connectivity index (χ4v) is 4.37. The van der Waals surface area contributed by atoms with Gasteiger partial charge in [0.25, 0.3) is 5.52 Å². The van der Waals surface area contributed by atoms with Crippen LogP contribution in [0.4, 0.5) is 0 Å². The standard InChI is InChI=1S/C25H32N4O6/c1-32-21-9-8-18(24(33-2)25(21)34-3)16-27-12-14-28(15-13-27)17-22(30)26-11-10-23-29(31)19-6-4-5-7-20(19)35-23/h4-9H,10-17H2,1-3H3,(H,26,30). The van der Waals surface area contributed by atoms with Crippen LogP contribution in [-0.2, 0) is 17.8 Å². The number of nitrogens with one attached hydrogen (secondary N) is 1. The van der Waals surface area contributed by atoms with Crippen LogP contribution in [0.15, 0.2) is 40.8 Å². The van der Waals surface area contributed by atoms with Crippen molar-refractivity contribution >= 4 is 17.0 Å². The highest BCUT2D eigenvalue weighted by molar-refractivity contribution is 5.78. The molecule has 1 N–H and O–H groups in total. The third kappa shape index (κ3) is 5.60. The zero-order chi connectivity index (χ0) is 24.8. The van der Waals surface area contributed by atoms with Crippen molar-refractivity contribution in [2.75, 3.05) is 60.6 Å². The maximum atomic E-state index is 12.4. The average molecular weight is 485 g/mol. The molecule has 35 heavy (non-hydrogen) atoms. The predicted molar refractivity (Wildman–Crippen MR) is 130 cm³/mol. The zero-order valence-electron chi connectivity index (χ0n) is 20.4. The maximum Gasteiger partial charge on any atom is 0.361 e. The number of ether oxygens (including phenoxy) is 3. The maximum absolute atomic E-state index is 12.4. The molecule has 0 aliphatic carbocycles. The Balaban J connectivity index is 1.23. The normalized spacial score (nSPS) is 14.7. The second-order valence-corrected chi connectivity index (χ2v) is 8.40. The van der Waals surface area contributed by atoms with E-state index in [-0.39, 0.29) is 5.91 Å². The summed E-state index contributed by atoms with van der Waals surface area (Å²) in [5.74, 6) is 2.14. The van der Waals surface area contributed by atoms with Crippen molar-refractivity contribution in [1.29, 1.82) is 0 Å². The molecule has 1 aromatic heterocycles. The highest BCUT2D eigenvalue weighted by atomic mass is 16.5. The molecule has 1 saturated heterocycles. The van der Waals surface area contributed by atoms with Gasteiger partial charge in [0, 0.05) is 50.9 Å². The van der Waals surface area contributed by atoms with Gasteiger partial charge in [-0.25, -0.2) is 0 Å². The highest BCUT2D eigenvalue weighted by Gasteiger charge is 2.23. The Morgan fingerprint density at radius 2 is 1.71 bits per heavy atom. The van der Waals surface area contributed by atoms with E-state index in [1.165, 1.54) is 0 Å². The molecule has 1 aliphatic rings. The van der Waals surface area contributed by atoms with Gasteiger partial charge in [-0.15, -0.1) is 4.73 Å². The predicted octanol–water partition coefficient (Wildman–Crippen LogP) is 1.57. The Labute approximate surface area is 204 Å². The van der Waals surface area contributed by atoms with Gasteiger partial charge in [0.05, 0.1) is 34.3 Å². The summed E-state index contributed by atoms with van der Waals surface area (Å²) in [5, 5.41) is 15.2. The molecule has 1 amide bonds. The van der Waals surface area contributed by atoms with Crippen LogP contribution < -0.4 is 24.3 Å². The Bertz CT molecular complexity index is 1160. The molecule has 10 heteroatoms. The lowest BCUT2D eigenvalue weighted by molar-refractivity contribution is -0.592. The van der Waals surface area contributed by atoms with Gasteiger partial charge in [-0.3, -0.25) is 14.6 Å². The number of methoxy groups -OCH3 is 3. The first-order valence-electron chi connectivity index (χ1n) is 11.6. The first-order valence-corrected chi connectivity index (χ1v) is 11.6. The Hall–Kier alpha value is -3.50. The fourth-order valence-electron chi connectivity index (χ4n) is 4.37. The summed E-state index contributed by atoms with van der Waals surface area (Å²) in [4.78, 5) is 16.9. The van der Waals surface area contributed by atoms with Gasteiger partial charge >= 0.3 is 5.89 Å². The van der Waals surface area contributed by atoms with Gasteiger partial charge in [-0.1, -0.05) is 18.2 Å². The van der Waals surface area contributed by atoms with Gasteiger partial charge in [0.15, 0.2) is 11.5 Å². The summed E-state index contributed by atoms with van der Waals surface area (Å²) in [6.45, 7) is 4.63. The number of oxazole rings is 1. The minimum absolute atomic E-state index is 0.0615. The summed E-state index contributed by atoms with van der Waals surface area (Å²) >= 11 is 0. The third-order valence-electron chi connectivity index (χ3n) is 6.21. The molecule has 1 fully saturated rings. The van der Waals surface area contributed by atoms with Crippen LogP contribution >= 0.6 is 0 Å². The second-order valence-electron chi connectivity index (χ2n) is 8.40. The van der Waals surface area contributed by atoms with E-state index in [1.807, 2.05) is 18.2 Å². The number of amides is 1. The number of piperazine rings is 1. The van der Waals surface area contributed by atoms with Crippen molar-refractivity contribution in [1.82, 2.24) is 15.1 Å². The van der Waals surface area contributed by atoms with E-state index in [0.29, 0.717) is 53.7 Å². The lowest BCUT2D eigenvalue weighted by Gasteiger charge is -2.34. The van der Waals surface area contributed by atoms with Gasteiger partial charge < -0.3 is 29.2 Å². The van der Waals surface area contributed by atoms with Crippen molar-refractivity contribution < 1.29 is 28.2 Å². The number of aromatic nitrogens is 1. The van der Waals surface area contributed by atoms with Crippen molar-refractivity contribution in [3.05, 3.63) is 53.1 Å². The monoisotopic (exact) mass is 484 g/mol. The van der Waals surface area contributed by atoms with E-state index < -0.39 is 0 Å². The molecule has 2 aromatic carbocycles. The number of para-hydroxylation sites is 2. The zero-order valence-corrected chi connectivity index (χ0v) is 20.4. The highest BCUT2D eigenvalue weighted by Crippen LogP contribution is 2.40. The summed E-state index contributed by atoms with van der Waals surface area (Å²) in [5.41, 5.74) is 2.07. The molecule has 188 valence electrons. The quantitative estimate of drug-likeness (QED) is 0.342. The SMILES string of the molecule is COc1ccc(CN2CCN(CC(=O)NCCc3oc4ccccc4[n+]3[O-])CC2)c(OC)c1OC. The summed E-state index contributed by atoms with van der Waals surface area (Å²) in [6, 6.07) is 11.0. The van der Waals surface area contributed by atoms with Crippen LogP contribution in [0.2, 0.25) is 0 Å². The third-order valence-corrected chi connectivity index (χ3v) is 6.21. The van der Waals surface area contributed by atoms with E-state index in [4.69, 9.17) is 18.6 Å². The molecule has 3 aromatic rings. The molecule has 0 atom stereocenters. The van der Waals surface area contributed by atoms with Crippen molar-refractivity contribution in [3.8, 4) is 17.2 Å². The van der Waals surface area contributed by atoms with E-state index in [2.05, 4.69) is 15.1 Å². The van der Waals surface area contributed by atoms with Gasteiger partial charge in [0.1, 0.15) is 0 Å². The molecule has 0 bridgehead atoms. The number of nitrogens with zero attached hydrogens (tertiary/aromatic N) is 3. The number of hydrogen-bond donors (Lipinski definition) is 1. The van der Waals surface area contributed by atoms with Gasteiger partial charge in [-0.2, -0.15) is 0 Å². The molecule has 4 rings (SSSR count). The molecule has 0 spiro atoms. The summed E-state index contributed by atoms with van der Waals surface area (Å²) in [6.07, 6.45) is 0.338. The first kappa shape index (κ1) is 24.6. The van der Waals surface area contributed by atoms with E-state index in [1.54, 1.807) is 39.5 Å². The Morgan fingerprint density at radius 1 is 1.00 bits per heavy atom. The van der Waals surface area contributed by atoms with E-state index >= 15 is 0 Å². The lowest BCUT2D eigenvalue weighted by Crippen LogP contribution is -2.49. The van der Waals surface area contributed by atoms with Gasteiger partial charge in [0.2, 0.25) is 17.2 Å². The van der Waals surface area contributed by atoms with Crippen LogP contribution in [0.1, 0.15) is 11.5 Å². The van der Waals surface area contributed by atoms with Crippen molar-refractivity contribution in [2.45, 2.75) is 13.0 Å². The molecule has 10 nitrogen and oxygen atoms in total. The largest absolute Gasteiger partial charge is 0.616 e. The van der Waals surface area contributed by atoms with Crippen LogP contribution in [0, 0.1) is 5.21 Å². The number of fused-ring (bicyclic) bond motifs is 1. The van der Waals surface area contributed by atoms with E-state index in [9.17, 15) is 10.0 Å². The summed E-state index contributed by atoms with van der Waals surface area (Å²) < 4.78 is 22.8. The molecule has 0 unspecified atom stereocenters. The molecule has 0 radical (unpaired) electrons. The second kappa shape index (κ2) is 11.3. The number of carbonyl (C=O) groups excluding carboxylic acids is 1. The number of hydrogen-bond acceptors (Lipinski definition) is 8. The van der Waals surface area contributed by atoms with Crippen LogP contribution in [-0.4, -0.2) is 76.3 Å². The smallest absolute Gasteiger partial charge is 0.361 e. The topological polar surface area (TPSA) is 103 Å². The van der Waals surface area contributed by atoms with Crippen molar-refractivity contribution in [2.24, 2.45) is 0 Å².